The predicted molar refractivity (Wildman–Crippen MR) is 80.3 cm³/mol. The molecule has 0 spiro atoms. The number of carbonyl (C=O) groups is 1. The molecule has 108 valence electrons. The number of rotatable bonds is 3. The molecule has 3 N–H and O–H groups in total. The second-order valence-corrected chi connectivity index (χ2v) is 6.26. The number of carbonyl (C=O) groups excluding carboxylic acids is 1. The van der Waals surface area contributed by atoms with Crippen molar-refractivity contribution < 1.29 is 4.79 Å². The van der Waals surface area contributed by atoms with Crippen LogP contribution in [0.15, 0.2) is 24.3 Å². The van der Waals surface area contributed by atoms with Crippen LogP contribution >= 0.6 is 0 Å². The Hall–Kier alpha value is -1.35. The maximum atomic E-state index is 12.3. The fraction of sp³-hybridized carbons (Fsp3) is 0.588. The molecule has 1 aromatic rings. The third kappa shape index (κ3) is 2.35. The average molecular weight is 272 g/mol. The molecule has 1 saturated carbocycles. The molecule has 0 aliphatic heterocycles. The van der Waals surface area contributed by atoms with Crippen molar-refractivity contribution in [1.82, 2.24) is 5.32 Å². The summed E-state index contributed by atoms with van der Waals surface area (Å²) >= 11 is 0. The first kappa shape index (κ1) is 13.6. The third-order valence-electron chi connectivity index (χ3n) is 4.95. The summed E-state index contributed by atoms with van der Waals surface area (Å²) in [5.74, 6) is -0.209. The highest BCUT2D eigenvalue weighted by Crippen LogP contribution is 2.36. The first-order chi connectivity index (χ1) is 9.72. The van der Waals surface area contributed by atoms with E-state index < -0.39 is 5.54 Å². The lowest BCUT2D eigenvalue weighted by atomic mass is 9.82. The van der Waals surface area contributed by atoms with Crippen molar-refractivity contribution in [1.29, 1.82) is 0 Å². The van der Waals surface area contributed by atoms with Crippen LogP contribution in [0.5, 0.6) is 0 Å². The number of hydrogen-bond donors (Lipinski definition) is 2. The lowest BCUT2D eigenvalue weighted by molar-refractivity contribution is -0.125. The van der Waals surface area contributed by atoms with Gasteiger partial charge in [-0.15, -0.1) is 0 Å². The molecule has 20 heavy (non-hydrogen) atoms. The van der Waals surface area contributed by atoms with Gasteiger partial charge >= 0.3 is 0 Å². The Morgan fingerprint density at radius 2 is 1.90 bits per heavy atom. The van der Waals surface area contributed by atoms with Crippen LogP contribution < -0.4 is 11.1 Å². The highest BCUT2D eigenvalue weighted by Gasteiger charge is 2.42. The quantitative estimate of drug-likeness (QED) is 0.831. The third-order valence-corrected chi connectivity index (χ3v) is 4.95. The molecular formula is C17H24N2O. The maximum Gasteiger partial charge on any atom is 0.242 e. The minimum absolute atomic E-state index is 0.209. The van der Waals surface area contributed by atoms with Crippen LogP contribution in [0.25, 0.3) is 0 Å². The van der Waals surface area contributed by atoms with Gasteiger partial charge in [-0.05, 0) is 43.2 Å². The fourth-order valence-electron chi connectivity index (χ4n) is 3.89. The van der Waals surface area contributed by atoms with E-state index in [1.807, 2.05) is 6.07 Å². The Bertz CT molecular complexity index is 494. The lowest BCUT2D eigenvalue weighted by Gasteiger charge is -2.35. The first-order valence-corrected chi connectivity index (χ1v) is 7.88. The van der Waals surface area contributed by atoms with Crippen LogP contribution in [0, 0.1) is 0 Å². The molecule has 0 heterocycles. The second-order valence-electron chi connectivity index (χ2n) is 6.26. The van der Waals surface area contributed by atoms with Crippen molar-refractivity contribution in [2.24, 2.45) is 5.73 Å². The standard InChI is InChI=1S/C17H24N2O/c18-16(20)17(19-14-9-2-3-10-14)12-6-5-8-13-7-1-4-11-15(13)17/h1,4,7,11,14,19H,2-3,5-6,8-10,12H2,(H2,18,20). The van der Waals surface area contributed by atoms with Crippen molar-refractivity contribution >= 4 is 5.91 Å². The van der Waals surface area contributed by atoms with Gasteiger partial charge in [-0.3, -0.25) is 10.1 Å². The van der Waals surface area contributed by atoms with E-state index in [2.05, 4.69) is 23.5 Å². The van der Waals surface area contributed by atoms with Gasteiger partial charge in [0.15, 0.2) is 0 Å². The Kier molecular flexibility index (Phi) is 3.79. The molecule has 0 saturated heterocycles. The molecule has 2 aliphatic carbocycles. The highest BCUT2D eigenvalue weighted by molar-refractivity contribution is 5.86. The molecule has 0 radical (unpaired) electrons. The Balaban J connectivity index is 2.01. The van der Waals surface area contributed by atoms with E-state index in [-0.39, 0.29) is 5.91 Å². The summed E-state index contributed by atoms with van der Waals surface area (Å²) in [6, 6.07) is 8.76. The van der Waals surface area contributed by atoms with Gasteiger partial charge in [0, 0.05) is 6.04 Å². The summed E-state index contributed by atoms with van der Waals surface area (Å²) < 4.78 is 0. The van der Waals surface area contributed by atoms with Crippen molar-refractivity contribution in [3.8, 4) is 0 Å². The zero-order valence-corrected chi connectivity index (χ0v) is 12.0. The smallest absolute Gasteiger partial charge is 0.242 e. The average Bonchev–Trinajstić information content (AvgIpc) is 2.87. The number of nitrogens with two attached hydrogens (primary N) is 1. The van der Waals surface area contributed by atoms with Crippen LogP contribution in [0.3, 0.4) is 0 Å². The maximum absolute atomic E-state index is 12.3. The lowest BCUT2D eigenvalue weighted by Crippen LogP contribution is -2.55. The predicted octanol–water partition coefficient (Wildman–Crippen LogP) is 2.63. The van der Waals surface area contributed by atoms with Gasteiger partial charge < -0.3 is 5.73 Å². The number of benzene rings is 1. The van der Waals surface area contributed by atoms with Gasteiger partial charge in [0.25, 0.3) is 0 Å². The Morgan fingerprint density at radius 1 is 1.15 bits per heavy atom. The van der Waals surface area contributed by atoms with Crippen LogP contribution in [-0.4, -0.2) is 11.9 Å². The first-order valence-electron chi connectivity index (χ1n) is 7.88. The van der Waals surface area contributed by atoms with Gasteiger partial charge in [0.1, 0.15) is 5.54 Å². The van der Waals surface area contributed by atoms with E-state index in [1.54, 1.807) is 0 Å². The monoisotopic (exact) mass is 272 g/mol. The van der Waals surface area contributed by atoms with Crippen molar-refractivity contribution in [2.45, 2.75) is 62.9 Å². The van der Waals surface area contributed by atoms with Crippen molar-refractivity contribution in [3.63, 3.8) is 0 Å². The summed E-state index contributed by atoms with van der Waals surface area (Å²) in [6.45, 7) is 0. The normalized spacial score (nSPS) is 27.0. The minimum atomic E-state index is -0.651. The number of amides is 1. The van der Waals surface area contributed by atoms with E-state index in [0.29, 0.717) is 6.04 Å². The molecule has 0 aromatic heterocycles. The topological polar surface area (TPSA) is 55.1 Å². The van der Waals surface area contributed by atoms with Gasteiger partial charge in [-0.25, -0.2) is 0 Å². The van der Waals surface area contributed by atoms with E-state index in [0.717, 1.165) is 44.1 Å². The van der Waals surface area contributed by atoms with Crippen LogP contribution in [-0.2, 0) is 16.8 Å². The molecule has 1 unspecified atom stereocenters. The van der Waals surface area contributed by atoms with E-state index >= 15 is 0 Å². The summed E-state index contributed by atoms with van der Waals surface area (Å²) in [4.78, 5) is 12.3. The summed E-state index contributed by atoms with van der Waals surface area (Å²) in [5.41, 5.74) is 7.62. The second kappa shape index (κ2) is 5.57. The summed E-state index contributed by atoms with van der Waals surface area (Å²) in [5, 5.41) is 3.65. The van der Waals surface area contributed by atoms with Gasteiger partial charge in [-0.2, -0.15) is 0 Å². The molecule has 1 amide bonds. The molecule has 3 nitrogen and oxygen atoms in total. The van der Waals surface area contributed by atoms with Crippen molar-refractivity contribution in [3.05, 3.63) is 35.4 Å². The van der Waals surface area contributed by atoms with Crippen LogP contribution in [0.1, 0.15) is 56.1 Å². The summed E-state index contributed by atoms with van der Waals surface area (Å²) in [6.07, 6.45) is 8.92. The van der Waals surface area contributed by atoms with Gasteiger partial charge in [0.05, 0.1) is 0 Å². The molecule has 2 aliphatic rings. The number of nitrogens with one attached hydrogen (secondary N) is 1. The molecule has 0 bridgehead atoms. The van der Waals surface area contributed by atoms with Crippen molar-refractivity contribution in [2.75, 3.05) is 0 Å². The van der Waals surface area contributed by atoms with E-state index in [1.165, 1.54) is 18.4 Å². The van der Waals surface area contributed by atoms with Gasteiger partial charge in [-0.1, -0.05) is 43.5 Å². The molecule has 3 heteroatoms. The Morgan fingerprint density at radius 3 is 2.65 bits per heavy atom. The number of aryl methyl sites for hydroxylation is 1. The molecule has 3 rings (SSSR count). The molecule has 1 fully saturated rings. The fourth-order valence-corrected chi connectivity index (χ4v) is 3.89. The zero-order valence-electron chi connectivity index (χ0n) is 12.0. The van der Waals surface area contributed by atoms with Gasteiger partial charge in [0.2, 0.25) is 5.91 Å². The molecule has 1 aromatic carbocycles. The molecule has 1 atom stereocenters. The highest BCUT2D eigenvalue weighted by atomic mass is 16.1. The van der Waals surface area contributed by atoms with Crippen LogP contribution in [0.2, 0.25) is 0 Å². The van der Waals surface area contributed by atoms with Crippen LogP contribution in [0.4, 0.5) is 0 Å². The number of fused-ring (bicyclic) bond motifs is 1. The minimum Gasteiger partial charge on any atom is -0.368 e. The number of hydrogen-bond acceptors (Lipinski definition) is 2. The van der Waals surface area contributed by atoms with E-state index in [9.17, 15) is 4.79 Å². The SMILES string of the molecule is NC(=O)C1(NC2CCCC2)CCCCc2ccccc21. The molecular weight excluding hydrogens is 248 g/mol. The summed E-state index contributed by atoms with van der Waals surface area (Å²) in [7, 11) is 0. The largest absolute Gasteiger partial charge is 0.368 e. The number of primary amides is 1. The Labute approximate surface area is 120 Å². The van der Waals surface area contributed by atoms with E-state index in [4.69, 9.17) is 5.73 Å². The zero-order chi connectivity index (χ0) is 14.0.